The van der Waals surface area contributed by atoms with Crippen LogP contribution in [-0.2, 0) is 15.3 Å². The van der Waals surface area contributed by atoms with Gasteiger partial charge < -0.3 is 10.1 Å². The maximum atomic E-state index is 12.0. The molecule has 0 radical (unpaired) electrons. The Morgan fingerprint density at radius 3 is 2.65 bits per heavy atom. The number of rotatable bonds is 6. The van der Waals surface area contributed by atoms with Crippen LogP contribution < -0.4 is 10.1 Å². The molecule has 0 spiro atoms. The number of amides is 1. The van der Waals surface area contributed by atoms with Crippen molar-refractivity contribution in [2.45, 2.75) is 19.6 Å². The van der Waals surface area contributed by atoms with Crippen molar-refractivity contribution in [2.24, 2.45) is 0 Å². The summed E-state index contributed by atoms with van der Waals surface area (Å²) in [6.45, 7) is 3.41. The summed E-state index contributed by atoms with van der Waals surface area (Å²) in [5, 5.41) is 2.81. The number of hydrogen-bond acceptors (Lipinski definition) is 4. The van der Waals surface area contributed by atoms with E-state index >= 15 is 0 Å². The van der Waals surface area contributed by atoms with E-state index in [4.69, 9.17) is 4.74 Å². The number of thioether (sulfide) groups is 1. The van der Waals surface area contributed by atoms with E-state index in [9.17, 15) is 9.59 Å². The Balaban J connectivity index is 1.83. The van der Waals surface area contributed by atoms with Crippen molar-refractivity contribution < 1.29 is 14.3 Å². The summed E-state index contributed by atoms with van der Waals surface area (Å²) in [4.78, 5) is 22.9. The van der Waals surface area contributed by atoms with E-state index in [1.54, 1.807) is 36.0 Å². The largest absolute Gasteiger partial charge is 0.427 e. The highest BCUT2D eigenvalue weighted by Gasteiger charge is 2.06. The third kappa shape index (κ3) is 5.79. The number of esters is 1. The Kier molecular flexibility index (Phi) is 6.23. The van der Waals surface area contributed by atoms with Crippen molar-refractivity contribution in [3.8, 4) is 5.75 Å². The van der Waals surface area contributed by atoms with Crippen LogP contribution in [0.4, 0.5) is 5.69 Å². The lowest BCUT2D eigenvalue weighted by molar-refractivity contribution is -0.131. The standard InChI is InChI=1S/C18H19NO3S/c1-13-6-3-4-7-15(13)11-23-12-18(21)19-16-8-5-9-17(10-16)22-14(2)20/h3-10H,11-12H2,1-2H3,(H,19,21). The molecule has 0 bridgehead atoms. The van der Waals surface area contributed by atoms with E-state index in [-0.39, 0.29) is 11.9 Å². The van der Waals surface area contributed by atoms with Crippen LogP contribution in [0.25, 0.3) is 0 Å². The number of carbonyl (C=O) groups excluding carboxylic acids is 2. The molecule has 0 atom stereocenters. The fourth-order valence-electron chi connectivity index (χ4n) is 2.03. The summed E-state index contributed by atoms with van der Waals surface area (Å²) in [7, 11) is 0. The number of carbonyl (C=O) groups is 2. The number of ether oxygens (including phenoxy) is 1. The van der Waals surface area contributed by atoms with Gasteiger partial charge in [-0.05, 0) is 30.2 Å². The van der Waals surface area contributed by atoms with Gasteiger partial charge >= 0.3 is 5.97 Å². The minimum absolute atomic E-state index is 0.0800. The van der Waals surface area contributed by atoms with E-state index < -0.39 is 0 Å². The predicted molar refractivity (Wildman–Crippen MR) is 93.7 cm³/mol. The highest BCUT2D eigenvalue weighted by atomic mass is 32.2. The molecule has 0 aliphatic heterocycles. The second-order valence-electron chi connectivity index (χ2n) is 5.09. The van der Waals surface area contributed by atoms with Crippen LogP contribution in [0.1, 0.15) is 18.1 Å². The lowest BCUT2D eigenvalue weighted by atomic mass is 10.1. The molecule has 1 N–H and O–H groups in total. The molecule has 0 aromatic heterocycles. The van der Waals surface area contributed by atoms with Gasteiger partial charge in [0.25, 0.3) is 0 Å². The highest BCUT2D eigenvalue weighted by Crippen LogP contribution is 2.19. The molecule has 0 aliphatic carbocycles. The molecule has 0 aliphatic rings. The van der Waals surface area contributed by atoms with Gasteiger partial charge in [-0.1, -0.05) is 30.3 Å². The Morgan fingerprint density at radius 2 is 1.91 bits per heavy atom. The minimum Gasteiger partial charge on any atom is -0.427 e. The van der Waals surface area contributed by atoms with Gasteiger partial charge in [-0.2, -0.15) is 0 Å². The van der Waals surface area contributed by atoms with Gasteiger partial charge in [-0.3, -0.25) is 9.59 Å². The second kappa shape index (κ2) is 8.39. The molecular formula is C18H19NO3S. The van der Waals surface area contributed by atoms with Crippen molar-refractivity contribution in [3.63, 3.8) is 0 Å². The molecule has 2 aromatic carbocycles. The number of aryl methyl sites for hydroxylation is 1. The summed E-state index contributed by atoms with van der Waals surface area (Å²) in [5.74, 6) is 1.12. The normalized spacial score (nSPS) is 10.2. The van der Waals surface area contributed by atoms with Crippen molar-refractivity contribution in [1.82, 2.24) is 0 Å². The average Bonchev–Trinajstić information content (AvgIpc) is 2.49. The Labute approximate surface area is 140 Å². The van der Waals surface area contributed by atoms with Gasteiger partial charge in [0.2, 0.25) is 5.91 Å². The predicted octanol–water partition coefficient (Wildman–Crippen LogP) is 3.79. The summed E-state index contributed by atoms with van der Waals surface area (Å²) >= 11 is 1.57. The van der Waals surface area contributed by atoms with Gasteiger partial charge in [-0.25, -0.2) is 0 Å². The minimum atomic E-state index is -0.387. The molecule has 1 amide bonds. The van der Waals surface area contributed by atoms with Gasteiger partial charge in [-0.15, -0.1) is 11.8 Å². The summed E-state index contributed by atoms with van der Waals surface area (Å²) < 4.78 is 4.99. The molecule has 4 nitrogen and oxygen atoms in total. The molecule has 0 saturated carbocycles. The van der Waals surface area contributed by atoms with Crippen molar-refractivity contribution in [2.75, 3.05) is 11.1 Å². The fourth-order valence-corrected chi connectivity index (χ4v) is 2.93. The molecule has 0 saturated heterocycles. The van der Waals surface area contributed by atoms with Crippen molar-refractivity contribution in [1.29, 1.82) is 0 Å². The van der Waals surface area contributed by atoms with Crippen LogP contribution in [0.15, 0.2) is 48.5 Å². The summed E-state index contributed by atoms with van der Waals surface area (Å²) in [5.41, 5.74) is 3.09. The first kappa shape index (κ1) is 17.1. The lowest BCUT2D eigenvalue weighted by Crippen LogP contribution is -2.14. The molecular weight excluding hydrogens is 310 g/mol. The van der Waals surface area contributed by atoms with Crippen LogP contribution >= 0.6 is 11.8 Å². The molecule has 5 heteroatoms. The smallest absolute Gasteiger partial charge is 0.308 e. The molecule has 120 valence electrons. The van der Waals surface area contributed by atoms with E-state index in [0.717, 1.165) is 5.75 Å². The van der Waals surface area contributed by atoms with Gasteiger partial charge in [0.05, 0.1) is 5.75 Å². The van der Waals surface area contributed by atoms with Crippen LogP contribution in [0, 0.1) is 6.92 Å². The fraction of sp³-hybridized carbons (Fsp3) is 0.222. The van der Waals surface area contributed by atoms with E-state index in [1.165, 1.54) is 18.1 Å². The third-order valence-electron chi connectivity index (χ3n) is 3.13. The van der Waals surface area contributed by atoms with Crippen LogP contribution in [0.3, 0.4) is 0 Å². The van der Waals surface area contributed by atoms with Crippen LogP contribution in [0.2, 0.25) is 0 Å². The van der Waals surface area contributed by atoms with Gasteiger partial charge in [0.1, 0.15) is 5.75 Å². The number of benzene rings is 2. The second-order valence-corrected chi connectivity index (χ2v) is 6.07. The zero-order valence-corrected chi connectivity index (χ0v) is 14.0. The maximum absolute atomic E-state index is 12.0. The number of hydrogen-bond donors (Lipinski definition) is 1. The van der Waals surface area contributed by atoms with Crippen molar-refractivity contribution in [3.05, 3.63) is 59.7 Å². The third-order valence-corrected chi connectivity index (χ3v) is 4.11. The summed E-state index contributed by atoms with van der Waals surface area (Å²) in [6.07, 6.45) is 0. The molecule has 2 rings (SSSR count). The Hall–Kier alpha value is -2.27. The van der Waals surface area contributed by atoms with Crippen LogP contribution in [-0.4, -0.2) is 17.6 Å². The van der Waals surface area contributed by atoms with Gasteiger partial charge in [0.15, 0.2) is 0 Å². The SMILES string of the molecule is CC(=O)Oc1cccc(NC(=O)CSCc2ccccc2C)c1. The zero-order valence-electron chi connectivity index (χ0n) is 13.2. The topological polar surface area (TPSA) is 55.4 Å². The van der Waals surface area contributed by atoms with Crippen LogP contribution in [0.5, 0.6) is 5.75 Å². The maximum Gasteiger partial charge on any atom is 0.308 e. The van der Waals surface area contributed by atoms with Crippen molar-refractivity contribution >= 4 is 29.3 Å². The first-order valence-corrected chi connectivity index (χ1v) is 8.40. The molecule has 0 unspecified atom stereocenters. The van der Waals surface area contributed by atoms with E-state index in [1.807, 2.05) is 12.1 Å². The quantitative estimate of drug-likeness (QED) is 0.647. The lowest BCUT2D eigenvalue weighted by Gasteiger charge is -2.08. The first-order valence-electron chi connectivity index (χ1n) is 7.25. The highest BCUT2D eigenvalue weighted by molar-refractivity contribution is 7.99. The molecule has 2 aromatic rings. The molecule has 0 fully saturated rings. The monoisotopic (exact) mass is 329 g/mol. The number of anilines is 1. The van der Waals surface area contributed by atoms with E-state index in [0.29, 0.717) is 17.2 Å². The zero-order chi connectivity index (χ0) is 16.7. The Bertz CT molecular complexity index is 700. The number of nitrogens with one attached hydrogen (secondary N) is 1. The van der Waals surface area contributed by atoms with E-state index in [2.05, 4.69) is 24.4 Å². The first-order chi connectivity index (χ1) is 11.0. The average molecular weight is 329 g/mol. The molecule has 23 heavy (non-hydrogen) atoms. The molecule has 0 heterocycles. The van der Waals surface area contributed by atoms with Gasteiger partial charge in [0, 0.05) is 24.4 Å². The summed E-state index contributed by atoms with van der Waals surface area (Å²) in [6, 6.07) is 14.9. The Morgan fingerprint density at radius 1 is 1.13 bits per heavy atom.